The SMILES string of the molecule is Cc1c(Br)cc(F)c(C(=O)O)c1F. The van der Waals surface area contributed by atoms with E-state index in [2.05, 4.69) is 15.9 Å². The number of hydrogen-bond acceptors (Lipinski definition) is 1. The van der Waals surface area contributed by atoms with Crippen LogP contribution in [-0.4, -0.2) is 11.1 Å². The van der Waals surface area contributed by atoms with Gasteiger partial charge in [-0.2, -0.15) is 0 Å². The van der Waals surface area contributed by atoms with Gasteiger partial charge < -0.3 is 5.11 Å². The van der Waals surface area contributed by atoms with E-state index in [1.807, 2.05) is 0 Å². The fourth-order valence-corrected chi connectivity index (χ4v) is 1.26. The first kappa shape index (κ1) is 10.1. The molecular formula is C8H5BrF2O2. The first-order valence-corrected chi connectivity index (χ1v) is 4.12. The predicted molar refractivity (Wildman–Crippen MR) is 45.8 cm³/mol. The molecule has 0 bridgehead atoms. The molecule has 1 aromatic carbocycles. The number of carboxylic acid groups (broad SMARTS) is 1. The zero-order chi connectivity index (χ0) is 10.2. The Hall–Kier alpha value is -0.970. The van der Waals surface area contributed by atoms with E-state index in [4.69, 9.17) is 5.11 Å². The third kappa shape index (κ3) is 1.70. The van der Waals surface area contributed by atoms with Crippen molar-refractivity contribution in [2.75, 3.05) is 0 Å². The van der Waals surface area contributed by atoms with Gasteiger partial charge in [0, 0.05) is 10.0 Å². The van der Waals surface area contributed by atoms with Crippen LogP contribution in [0, 0.1) is 18.6 Å². The Labute approximate surface area is 81.3 Å². The van der Waals surface area contributed by atoms with E-state index in [0.29, 0.717) is 0 Å². The maximum absolute atomic E-state index is 13.1. The van der Waals surface area contributed by atoms with Gasteiger partial charge in [0.2, 0.25) is 0 Å². The van der Waals surface area contributed by atoms with E-state index in [0.717, 1.165) is 6.07 Å². The summed E-state index contributed by atoms with van der Waals surface area (Å²) in [4.78, 5) is 10.4. The van der Waals surface area contributed by atoms with Gasteiger partial charge in [-0.1, -0.05) is 15.9 Å². The van der Waals surface area contributed by atoms with Crippen molar-refractivity contribution in [2.45, 2.75) is 6.92 Å². The lowest BCUT2D eigenvalue weighted by Gasteiger charge is -2.04. The molecule has 0 fully saturated rings. The lowest BCUT2D eigenvalue weighted by molar-refractivity contribution is 0.0686. The van der Waals surface area contributed by atoms with Gasteiger partial charge in [-0.05, 0) is 13.0 Å². The molecule has 0 saturated carbocycles. The molecule has 1 N–H and O–H groups in total. The second kappa shape index (κ2) is 3.41. The van der Waals surface area contributed by atoms with Crippen molar-refractivity contribution in [1.82, 2.24) is 0 Å². The highest BCUT2D eigenvalue weighted by Gasteiger charge is 2.20. The molecule has 0 radical (unpaired) electrons. The van der Waals surface area contributed by atoms with E-state index >= 15 is 0 Å². The Morgan fingerprint density at radius 1 is 1.54 bits per heavy atom. The lowest BCUT2D eigenvalue weighted by Crippen LogP contribution is -2.06. The molecule has 0 atom stereocenters. The first-order chi connectivity index (χ1) is 5.95. The zero-order valence-corrected chi connectivity index (χ0v) is 8.15. The van der Waals surface area contributed by atoms with Crippen molar-refractivity contribution < 1.29 is 18.7 Å². The van der Waals surface area contributed by atoms with Crippen LogP contribution >= 0.6 is 15.9 Å². The minimum Gasteiger partial charge on any atom is -0.477 e. The van der Waals surface area contributed by atoms with Crippen LogP contribution in [-0.2, 0) is 0 Å². The van der Waals surface area contributed by atoms with Crippen LogP contribution in [0.5, 0.6) is 0 Å². The van der Waals surface area contributed by atoms with Gasteiger partial charge in [-0.3, -0.25) is 0 Å². The Morgan fingerprint density at radius 2 is 2.08 bits per heavy atom. The Bertz CT molecular complexity index is 377. The van der Waals surface area contributed by atoms with Crippen LogP contribution in [0.15, 0.2) is 10.5 Å². The van der Waals surface area contributed by atoms with Gasteiger partial charge in [0.15, 0.2) is 0 Å². The topological polar surface area (TPSA) is 37.3 Å². The highest BCUT2D eigenvalue weighted by atomic mass is 79.9. The molecule has 0 aliphatic carbocycles. The zero-order valence-electron chi connectivity index (χ0n) is 6.57. The number of carbonyl (C=O) groups is 1. The molecule has 0 aliphatic rings. The number of rotatable bonds is 1. The largest absolute Gasteiger partial charge is 0.477 e. The Morgan fingerprint density at radius 3 is 2.54 bits per heavy atom. The van der Waals surface area contributed by atoms with E-state index < -0.39 is 23.2 Å². The molecule has 0 amide bonds. The summed E-state index contributed by atoms with van der Waals surface area (Å²) in [6, 6.07) is 0.932. The third-order valence-electron chi connectivity index (χ3n) is 1.61. The van der Waals surface area contributed by atoms with Crippen LogP contribution in [0.1, 0.15) is 15.9 Å². The van der Waals surface area contributed by atoms with Crippen LogP contribution in [0.3, 0.4) is 0 Å². The number of aromatic carboxylic acids is 1. The van der Waals surface area contributed by atoms with Gasteiger partial charge >= 0.3 is 5.97 Å². The number of carboxylic acids is 1. The van der Waals surface area contributed by atoms with Gasteiger partial charge in [-0.15, -0.1) is 0 Å². The van der Waals surface area contributed by atoms with E-state index in [9.17, 15) is 13.6 Å². The van der Waals surface area contributed by atoms with Crippen molar-refractivity contribution in [3.05, 3.63) is 33.3 Å². The smallest absolute Gasteiger partial charge is 0.341 e. The predicted octanol–water partition coefficient (Wildman–Crippen LogP) is 2.73. The molecule has 5 heteroatoms. The summed E-state index contributed by atoms with van der Waals surface area (Å²) in [5.74, 6) is -3.73. The maximum atomic E-state index is 13.1. The summed E-state index contributed by atoms with van der Waals surface area (Å²) in [6.07, 6.45) is 0. The fraction of sp³-hybridized carbons (Fsp3) is 0.125. The van der Waals surface area contributed by atoms with Crippen LogP contribution < -0.4 is 0 Å². The number of hydrogen-bond donors (Lipinski definition) is 1. The number of halogens is 3. The van der Waals surface area contributed by atoms with E-state index in [1.165, 1.54) is 6.92 Å². The van der Waals surface area contributed by atoms with Gasteiger partial charge in [0.05, 0.1) is 0 Å². The van der Waals surface area contributed by atoms with E-state index in [1.54, 1.807) is 0 Å². The average Bonchev–Trinajstić information content (AvgIpc) is 1.99. The summed E-state index contributed by atoms with van der Waals surface area (Å²) in [6.45, 7) is 1.37. The van der Waals surface area contributed by atoms with Crippen molar-refractivity contribution in [3.63, 3.8) is 0 Å². The Balaban J connectivity index is 3.53. The maximum Gasteiger partial charge on any atom is 0.341 e. The molecule has 0 unspecified atom stereocenters. The van der Waals surface area contributed by atoms with Crippen LogP contribution in [0.25, 0.3) is 0 Å². The van der Waals surface area contributed by atoms with Crippen molar-refractivity contribution in [3.8, 4) is 0 Å². The van der Waals surface area contributed by atoms with Crippen molar-refractivity contribution in [2.24, 2.45) is 0 Å². The quantitative estimate of drug-likeness (QED) is 0.833. The fourth-order valence-electron chi connectivity index (χ4n) is 0.885. The van der Waals surface area contributed by atoms with Crippen LogP contribution in [0.2, 0.25) is 0 Å². The molecule has 0 saturated heterocycles. The minimum absolute atomic E-state index is 0.0822. The average molecular weight is 251 g/mol. The standard InChI is InChI=1S/C8H5BrF2O2/c1-3-4(9)2-5(10)6(7(3)11)8(12)13/h2H,1H3,(H,12,13). The first-order valence-electron chi connectivity index (χ1n) is 3.32. The van der Waals surface area contributed by atoms with Gasteiger partial charge in [-0.25, -0.2) is 13.6 Å². The highest BCUT2D eigenvalue weighted by molar-refractivity contribution is 9.10. The summed E-state index contributed by atoms with van der Waals surface area (Å²) in [5.41, 5.74) is -0.834. The summed E-state index contributed by atoms with van der Waals surface area (Å²) in [7, 11) is 0. The van der Waals surface area contributed by atoms with Gasteiger partial charge in [0.1, 0.15) is 17.2 Å². The molecule has 1 aromatic rings. The Kier molecular flexibility index (Phi) is 2.66. The van der Waals surface area contributed by atoms with E-state index in [-0.39, 0.29) is 10.0 Å². The normalized spacial score (nSPS) is 10.2. The summed E-state index contributed by atoms with van der Waals surface area (Å²) < 4.78 is 26.2. The molecule has 70 valence electrons. The molecule has 0 aromatic heterocycles. The monoisotopic (exact) mass is 250 g/mol. The minimum atomic E-state index is -1.61. The highest BCUT2D eigenvalue weighted by Crippen LogP contribution is 2.24. The molecule has 0 aliphatic heterocycles. The van der Waals surface area contributed by atoms with Gasteiger partial charge in [0.25, 0.3) is 0 Å². The second-order valence-corrected chi connectivity index (χ2v) is 3.31. The van der Waals surface area contributed by atoms with Crippen molar-refractivity contribution >= 4 is 21.9 Å². The molecule has 0 spiro atoms. The molecule has 2 nitrogen and oxygen atoms in total. The van der Waals surface area contributed by atoms with Crippen molar-refractivity contribution in [1.29, 1.82) is 0 Å². The molecule has 1 rings (SSSR count). The third-order valence-corrected chi connectivity index (χ3v) is 2.44. The summed E-state index contributed by atoms with van der Waals surface area (Å²) in [5, 5.41) is 8.47. The summed E-state index contributed by atoms with van der Waals surface area (Å²) >= 11 is 2.91. The molecule has 13 heavy (non-hydrogen) atoms. The molecular weight excluding hydrogens is 246 g/mol. The van der Waals surface area contributed by atoms with Crippen LogP contribution in [0.4, 0.5) is 8.78 Å². The number of benzene rings is 1. The lowest BCUT2D eigenvalue weighted by atomic mass is 10.1. The second-order valence-electron chi connectivity index (χ2n) is 2.46. The molecule has 0 heterocycles.